The van der Waals surface area contributed by atoms with Crippen molar-refractivity contribution in [3.8, 4) is 0 Å². The molecule has 7 nitrogen and oxygen atoms in total. The maximum atomic E-state index is 12.1. The van der Waals surface area contributed by atoms with Gasteiger partial charge >= 0.3 is 5.97 Å². The summed E-state index contributed by atoms with van der Waals surface area (Å²) in [5.41, 5.74) is 5.87. The first kappa shape index (κ1) is 24.9. The molecule has 36 heavy (non-hydrogen) atoms. The molecule has 192 valence electrons. The molecule has 1 unspecified atom stereocenters. The van der Waals surface area contributed by atoms with Crippen molar-refractivity contribution in [2.24, 2.45) is 22.7 Å². The first-order valence-corrected chi connectivity index (χ1v) is 13.4. The number of hydrogen-bond donors (Lipinski definition) is 3. The summed E-state index contributed by atoms with van der Waals surface area (Å²) in [6, 6.07) is 7.80. The highest BCUT2D eigenvalue weighted by atomic mass is 16.5. The Morgan fingerprint density at radius 2 is 1.97 bits per heavy atom. The molecular formula is C29H37N3O4. The number of nitrogens with zero attached hydrogens (tertiary/aromatic N) is 1. The fraction of sp³-hybridized carbons (Fsp3) is 0.552. The second kappa shape index (κ2) is 11.1. The highest BCUT2D eigenvalue weighted by Gasteiger charge is 2.29. The van der Waals surface area contributed by atoms with Crippen molar-refractivity contribution < 1.29 is 14.6 Å². The van der Waals surface area contributed by atoms with E-state index in [-0.39, 0.29) is 5.56 Å². The van der Waals surface area contributed by atoms with Crippen LogP contribution < -0.4 is 10.9 Å². The molecule has 2 atom stereocenters. The molecule has 2 aliphatic heterocycles. The number of benzene rings is 1. The average Bonchev–Trinajstić information content (AvgIpc) is 3.71. The van der Waals surface area contributed by atoms with Gasteiger partial charge in [-0.3, -0.25) is 14.6 Å². The lowest BCUT2D eigenvalue weighted by Gasteiger charge is -2.27. The van der Waals surface area contributed by atoms with Gasteiger partial charge in [-0.2, -0.15) is 0 Å². The topological polar surface area (TPSA) is 104 Å². The summed E-state index contributed by atoms with van der Waals surface area (Å²) in [6.07, 6.45) is 9.99. The Kier molecular flexibility index (Phi) is 7.67. The smallest absolute Gasteiger partial charge is 0.320 e. The Balaban J connectivity index is 1.41. The molecular weight excluding hydrogens is 454 g/mol. The zero-order valence-corrected chi connectivity index (χ0v) is 21.1. The number of carboxylic acid groups (broad SMARTS) is 1. The van der Waals surface area contributed by atoms with Crippen LogP contribution in [0.25, 0.3) is 0 Å². The maximum absolute atomic E-state index is 12.1. The van der Waals surface area contributed by atoms with Crippen LogP contribution in [0.4, 0.5) is 5.69 Å². The number of aromatic nitrogens is 1. The van der Waals surface area contributed by atoms with Crippen molar-refractivity contribution in [2.45, 2.75) is 70.9 Å². The Labute approximate surface area is 212 Å². The zero-order valence-electron chi connectivity index (χ0n) is 21.1. The number of hydrogen-bond acceptors (Lipinski definition) is 5. The summed E-state index contributed by atoms with van der Waals surface area (Å²) in [6.45, 7) is 4.00. The molecule has 3 aliphatic rings. The summed E-state index contributed by atoms with van der Waals surface area (Å²) in [5, 5.41) is 12.9. The predicted molar refractivity (Wildman–Crippen MR) is 140 cm³/mol. The van der Waals surface area contributed by atoms with Gasteiger partial charge in [0.15, 0.2) is 0 Å². The van der Waals surface area contributed by atoms with Crippen LogP contribution >= 0.6 is 0 Å². The quantitative estimate of drug-likeness (QED) is 0.478. The van der Waals surface area contributed by atoms with Crippen LogP contribution in [0.2, 0.25) is 0 Å². The molecule has 1 aromatic carbocycles. The van der Waals surface area contributed by atoms with Gasteiger partial charge in [0.25, 0.3) is 5.56 Å². The van der Waals surface area contributed by atoms with Crippen LogP contribution in [-0.2, 0) is 22.5 Å². The van der Waals surface area contributed by atoms with Crippen molar-refractivity contribution in [1.82, 2.24) is 10.3 Å². The van der Waals surface area contributed by atoms with Gasteiger partial charge in [-0.25, -0.2) is 0 Å². The largest absolute Gasteiger partial charge is 0.480 e. The molecule has 1 saturated heterocycles. The van der Waals surface area contributed by atoms with E-state index in [1.165, 1.54) is 5.56 Å². The standard InChI is InChI=1S/C29H37N3O4/c1-18-12-24(17-31-28(18)33)27-23(13-20-8-10-36-11-9-20)7-6-22-5-4-21(15-25(22)32-27)16-30-26(29(34)35)14-19-2-3-19/h4-5,12,15,17,19-20,23,26,30H,2-3,6-11,13-14,16H2,1H3,(H,31,33)(H,34,35)/t23?,26-/m1/s1. The van der Waals surface area contributed by atoms with E-state index in [0.717, 1.165) is 80.7 Å². The molecule has 1 aliphatic carbocycles. The van der Waals surface area contributed by atoms with E-state index < -0.39 is 12.0 Å². The van der Waals surface area contributed by atoms with Crippen molar-refractivity contribution >= 4 is 17.4 Å². The van der Waals surface area contributed by atoms with Crippen molar-refractivity contribution in [3.05, 3.63) is 63.1 Å². The minimum absolute atomic E-state index is 0.0677. The van der Waals surface area contributed by atoms with E-state index in [0.29, 0.717) is 36.3 Å². The van der Waals surface area contributed by atoms with Crippen LogP contribution in [0, 0.1) is 24.7 Å². The molecule has 3 N–H and O–H groups in total. The number of carboxylic acids is 1. The van der Waals surface area contributed by atoms with Gasteiger partial charge in [0.05, 0.1) is 11.4 Å². The molecule has 5 rings (SSSR count). The number of aryl methyl sites for hydroxylation is 2. The van der Waals surface area contributed by atoms with E-state index in [1.54, 1.807) is 6.20 Å². The average molecular weight is 492 g/mol. The number of aliphatic imine (C=N–C) groups is 1. The van der Waals surface area contributed by atoms with Crippen LogP contribution in [0.15, 0.2) is 40.2 Å². The van der Waals surface area contributed by atoms with E-state index >= 15 is 0 Å². The van der Waals surface area contributed by atoms with Gasteiger partial charge in [-0.15, -0.1) is 0 Å². The SMILES string of the molecule is Cc1cc(C2=Nc3cc(CN[C@H](CC4CC4)C(=O)O)ccc3CCC2CC2CCOCC2)c[nH]c1=O. The first-order valence-electron chi connectivity index (χ1n) is 13.4. The molecule has 2 fully saturated rings. The second-order valence-electron chi connectivity index (χ2n) is 10.8. The fourth-order valence-corrected chi connectivity index (χ4v) is 5.58. The number of rotatable bonds is 9. The van der Waals surface area contributed by atoms with Crippen LogP contribution in [-0.4, -0.2) is 41.0 Å². The van der Waals surface area contributed by atoms with Crippen molar-refractivity contribution in [3.63, 3.8) is 0 Å². The number of carbonyl (C=O) groups is 1. The summed E-state index contributed by atoms with van der Waals surface area (Å²) in [5.74, 6) is 0.702. The van der Waals surface area contributed by atoms with Gasteiger partial charge in [-0.05, 0) is 80.5 Å². The molecule has 1 saturated carbocycles. The van der Waals surface area contributed by atoms with Crippen molar-refractivity contribution in [1.29, 1.82) is 0 Å². The number of aliphatic carboxylic acids is 1. The summed E-state index contributed by atoms with van der Waals surface area (Å²) in [7, 11) is 0. The summed E-state index contributed by atoms with van der Waals surface area (Å²) in [4.78, 5) is 31.9. The van der Waals surface area contributed by atoms with Crippen LogP contribution in [0.1, 0.15) is 67.2 Å². The number of H-pyrrole nitrogens is 1. The minimum atomic E-state index is -0.777. The summed E-state index contributed by atoms with van der Waals surface area (Å²) >= 11 is 0. The van der Waals surface area contributed by atoms with Gasteiger partial charge < -0.3 is 20.1 Å². The number of aromatic amines is 1. The lowest BCUT2D eigenvalue weighted by molar-refractivity contribution is -0.139. The van der Waals surface area contributed by atoms with E-state index in [2.05, 4.69) is 28.5 Å². The first-order chi connectivity index (χ1) is 17.5. The molecule has 7 heteroatoms. The maximum Gasteiger partial charge on any atom is 0.320 e. The predicted octanol–water partition coefficient (Wildman–Crippen LogP) is 4.53. The van der Waals surface area contributed by atoms with E-state index in [1.807, 2.05) is 13.0 Å². The Morgan fingerprint density at radius 3 is 2.69 bits per heavy atom. The molecule has 0 bridgehead atoms. The molecule has 0 radical (unpaired) electrons. The molecule has 2 aromatic rings. The highest BCUT2D eigenvalue weighted by Crippen LogP contribution is 2.36. The minimum Gasteiger partial charge on any atom is -0.480 e. The monoisotopic (exact) mass is 491 g/mol. The number of ether oxygens (including phenoxy) is 1. The van der Waals surface area contributed by atoms with Gasteiger partial charge in [0.2, 0.25) is 0 Å². The van der Waals surface area contributed by atoms with Crippen molar-refractivity contribution in [2.75, 3.05) is 13.2 Å². The molecule has 0 spiro atoms. The lowest BCUT2D eigenvalue weighted by atomic mass is 9.82. The summed E-state index contributed by atoms with van der Waals surface area (Å²) < 4.78 is 5.58. The Hall–Kier alpha value is -2.77. The highest BCUT2D eigenvalue weighted by molar-refractivity contribution is 6.04. The zero-order chi connectivity index (χ0) is 25.1. The molecule has 0 amide bonds. The Bertz CT molecular complexity index is 1180. The Morgan fingerprint density at radius 1 is 1.17 bits per heavy atom. The third-order valence-corrected chi connectivity index (χ3v) is 8.00. The van der Waals surface area contributed by atoms with Gasteiger partial charge in [0, 0.05) is 43.0 Å². The molecule has 3 heterocycles. The molecule has 1 aromatic heterocycles. The van der Waals surface area contributed by atoms with Gasteiger partial charge in [-0.1, -0.05) is 25.0 Å². The number of pyridine rings is 1. The lowest BCUT2D eigenvalue weighted by Crippen LogP contribution is -2.36. The van der Waals surface area contributed by atoms with E-state index in [4.69, 9.17) is 9.73 Å². The normalized spacial score (nSPS) is 21.4. The number of fused-ring (bicyclic) bond motifs is 1. The number of nitrogens with one attached hydrogen (secondary N) is 2. The van der Waals surface area contributed by atoms with Gasteiger partial charge in [0.1, 0.15) is 6.04 Å². The van der Waals surface area contributed by atoms with Crippen LogP contribution in [0.5, 0.6) is 0 Å². The van der Waals surface area contributed by atoms with Crippen LogP contribution in [0.3, 0.4) is 0 Å². The third kappa shape index (κ3) is 6.13. The van der Waals surface area contributed by atoms with E-state index in [9.17, 15) is 14.7 Å². The second-order valence-corrected chi connectivity index (χ2v) is 10.8. The fourth-order valence-electron chi connectivity index (χ4n) is 5.58. The third-order valence-electron chi connectivity index (χ3n) is 8.00.